The number of thioether (sulfide) groups is 1. The van der Waals surface area contributed by atoms with Gasteiger partial charge in [-0.05, 0) is 78.2 Å². The fourth-order valence-corrected chi connectivity index (χ4v) is 5.02. The number of carbonyl (C=O) groups is 3. The standard InChI is InChI=1S/C29H26BrNO5S/c1-18(2)23-11-9-19(3)15-25(23)35-14-13-31-27(32)26(37-29(31)34)17-21-16-22(30)10-12-24(21)36-28(33)20-7-5-4-6-8-20/h4-12,15-18H,13-14H2,1-3H3/b26-17-. The molecule has 0 N–H and O–H groups in total. The topological polar surface area (TPSA) is 72.9 Å². The Morgan fingerprint density at radius 3 is 2.51 bits per heavy atom. The summed E-state index contributed by atoms with van der Waals surface area (Å²) in [5, 5.41) is -0.369. The molecule has 2 amide bonds. The van der Waals surface area contributed by atoms with Crippen LogP contribution >= 0.6 is 27.7 Å². The molecule has 8 heteroatoms. The molecular weight excluding hydrogens is 554 g/mol. The minimum absolute atomic E-state index is 0.127. The number of benzene rings is 3. The first-order valence-corrected chi connectivity index (χ1v) is 13.4. The Kier molecular flexibility index (Phi) is 8.51. The van der Waals surface area contributed by atoms with Gasteiger partial charge in [-0.25, -0.2) is 4.79 Å². The lowest BCUT2D eigenvalue weighted by molar-refractivity contribution is -0.123. The number of carbonyl (C=O) groups excluding carboxylic acids is 3. The highest BCUT2D eigenvalue weighted by Gasteiger charge is 2.35. The van der Waals surface area contributed by atoms with E-state index in [1.807, 2.05) is 31.2 Å². The van der Waals surface area contributed by atoms with E-state index in [0.29, 0.717) is 11.1 Å². The molecular formula is C29H26BrNO5S. The highest BCUT2D eigenvalue weighted by molar-refractivity contribution is 9.10. The quantitative estimate of drug-likeness (QED) is 0.159. The Balaban J connectivity index is 1.48. The molecule has 6 nitrogen and oxygen atoms in total. The molecule has 3 aromatic rings. The van der Waals surface area contributed by atoms with Gasteiger partial charge in [0, 0.05) is 10.0 Å². The van der Waals surface area contributed by atoms with E-state index in [1.54, 1.807) is 48.5 Å². The van der Waals surface area contributed by atoms with Crippen LogP contribution < -0.4 is 9.47 Å². The van der Waals surface area contributed by atoms with E-state index >= 15 is 0 Å². The first-order valence-electron chi connectivity index (χ1n) is 11.8. The number of rotatable bonds is 8. The number of hydrogen-bond acceptors (Lipinski definition) is 6. The summed E-state index contributed by atoms with van der Waals surface area (Å²) in [6.45, 7) is 6.48. The molecule has 0 radical (unpaired) electrons. The van der Waals surface area contributed by atoms with Crippen molar-refractivity contribution in [3.05, 3.63) is 98.4 Å². The molecule has 1 heterocycles. The Hall–Kier alpha value is -3.36. The van der Waals surface area contributed by atoms with Crippen LogP contribution in [0.2, 0.25) is 0 Å². The second-order valence-corrected chi connectivity index (χ2v) is 10.7. The summed E-state index contributed by atoms with van der Waals surface area (Å²) in [5.41, 5.74) is 3.06. The maximum Gasteiger partial charge on any atom is 0.343 e. The van der Waals surface area contributed by atoms with Gasteiger partial charge in [-0.2, -0.15) is 0 Å². The largest absolute Gasteiger partial charge is 0.491 e. The molecule has 37 heavy (non-hydrogen) atoms. The van der Waals surface area contributed by atoms with Gasteiger partial charge in [-0.15, -0.1) is 0 Å². The summed E-state index contributed by atoms with van der Waals surface area (Å²) in [7, 11) is 0. The van der Waals surface area contributed by atoms with Crippen molar-refractivity contribution in [2.75, 3.05) is 13.2 Å². The zero-order valence-corrected chi connectivity index (χ0v) is 23.1. The molecule has 1 saturated heterocycles. The Morgan fingerprint density at radius 1 is 1.03 bits per heavy atom. The monoisotopic (exact) mass is 579 g/mol. The van der Waals surface area contributed by atoms with Crippen molar-refractivity contribution in [1.82, 2.24) is 4.90 Å². The first-order chi connectivity index (χ1) is 17.7. The van der Waals surface area contributed by atoms with Gasteiger partial charge in [0.2, 0.25) is 0 Å². The van der Waals surface area contributed by atoms with Gasteiger partial charge in [-0.3, -0.25) is 14.5 Å². The molecule has 4 rings (SSSR count). The first kappa shape index (κ1) is 26.7. The second-order valence-electron chi connectivity index (χ2n) is 8.82. The predicted molar refractivity (Wildman–Crippen MR) is 149 cm³/mol. The van der Waals surface area contributed by atoms with Crippen molar-refractivity contribution < 1.29 is 23.9 Å². The zero-order valence-electron chi connectivity index (χ0n) is 20.7. The zero-order chi connectivity index (χ0) is 26.5. The Morgan fingerprint density at radius 2 is 1.78 bits per heavy atom. The number of ether oxygens (including phenoxy) is 2. The molecule has 190 valence electrons. The lowest BCUT2D eigenvalue weighted by atomic mass is 10.0. The summed E-state index contributed by atoms with van der Waals surface area (Å²) in [5.74, 6) is 0.405. The van der Waals surface area contributed by atoms with Crippen molar-refractivity contribution in [3.63, 3.8) is 0 Å². The van der Waals surface area contributed by atoms with Gasteiger partial charge in [0.15, 0.2) is 0 Å². The Labute approximate surface area is 228 Å². The molecule has 0 spiro atoms. The van der Waals surface area contributed by atoms with Crippen LogP contribution in [0.1, 0.15) is 46.8 Å². The number of nitrogens with zero attached hydrogens (tertiary/aromatic N) is 1. The van der Waals surface area contributed by atoms with E-state index in [-0.39, 0.29) is 35.0 Å². The van der Waals surface area contributed by atoms with Gasteiger partial charge in [0.1, 0.15) is 18.1 Å². The number of halogens is 1. The van der Waals surface area contributed by atoms with Crippen molar-refractivity contribution in [2.45, 2.75) is 26.7 Å². The molecule has 0 atom stereocenters. The van der Waals surface area contributed by atoms with Crippen LogP contribution in [0.15, 0.2) is 76.1 Å². The van der Waals surface area contributed by atoms with Gasteiger partial charge in [0.05, 0.1) is 17.0 Å². The van der Waals surface area contributed by atoms with Crippen molar-refractivity contribution in [3.8, 4) is 11.5 Å². The summed E-state index contributed by atoms with van der Waals surface area (Å²) in [6, 6.07) is 19.8. The van der Waals surface area contributed by atoms with Crippen molar-refractivity contribution in [1.29, 1.82) is 0 Å². The highest BCUT2D eigenvalue weighted by atomic mass is 79.9. The lowest BCUT2D eigenvalue weighted by Gasteiger charge is -2.17. The van der Waals surface area contributed by atoms with Crippen LogP contribution in [0.4, 0.5) is 4.79 Å². The third-order valence-electron chi connectivity index (χ3n) is 5.71. The average Bonchev–Trinajstić information content (AvgIpc) is 3.13. The van der Waals surface area contributed by atoms with Gasteiger partial charge in [-0.1, -0.05) is 60.1 Å². The second kappa shape index (κ2) is 11.8. The van der Waals surface area contributed by atoms with Crippen molar-refractivity contribution >= 4 is 50.9 Å². The van der Waals surface area contributed by atoms with Gasteiger partial charge >= 0.3 is 5.97 Å². The van der Waals surface area contributed by atoms with Crippen LogP contribution in [-0.2, 0) is 4.79 Å². The molecule has 0 unspecified atom stereocenters. The summed E-state index contributed by atoms with van der Waals surface area (Å²) in [6.07, 6.45) is 1.57. The third-order valence-corrected chi connectivity index (χ3v) is 7.11. The maximum absolute atomic E-state index is 13.1. The van der Waals surface area contributed by atoms with E-state index in [4.69, 9.17) is 9.47 Å². The molecule has 1 aliphatic heterocycles. The van der Waals surface area contributed by atoms with Crippen molar-refractivity contribution in [2.24, 2.45) is 0 Å². The average molecular weight is 581 g/mol. The minimum atomic E-state index is -0.514. The molecule has 1 aliphatic rings. The fourth-order valence-electron chi connectivity index (χ4n) is 3.78. The third kappa shape index (κ3) is 6.50. The van der Waals surface area contributed by atoms with E-state index in [2.05, 4.69) is 29.8 Å². The van der Waals surface area contributed by atoms with Crippen LogP contribution in [0, 0.1) is 6.92 Å². The fraction of sp³-hybridized carbons (Fsp3) is 0.207. The molecule has 1 fully saturated rings. The smallest absolute Gasteiger partial charge is 0.343 e. The minimum Gasteiger partial charge on any atom is -0.491 e. The lowest BCUT2D eigenvalue weighted by Crippen LogP contribution is -2.32. The van der Waals surface area contributed by atoms with E-state index in [1.165, 1.54) is 4.90 Å². The predicted octanol–water partition coefficient (Wildman–Crippen LogP) is 7.22. The van der Waals surface area contributed by atoms with Crippen LogP contribution in [0.3, 0.4) is 0 Å². The molecule has 0 saturated carbocycles. The van der Waals surface area contributed by atoms with Crippen LogP contribution in [-0.4, -0.2) is 35.2 Å². The number of aryl methyl sites for hydroxylation is 1. The SMILES string of the molecule is Cc1ccc(C(C)C)c(OCCN2C(=O)S/C(=C\c3cc(Br)ccc3OC(=O)c3ccccc3)C2=O)c1. The molecule has 3 aromatic carbocycles. The summed E-state index contributed by atoms with van der Waals surface area (Å²) < 4.78 is 12.3. The van der Waals surface area contributed by atoms with Gasteiger partial charge in [0.25, 0.3) is 11.1 Å². The summed E-state index contributed by atoms with van der Waals surface area (Å²) in [4.78, 5) is 39.7. The van der Waals surface area contributed by atoms with Crippen LogP contribution in [0.5, 0.6) is 11.5 Å². The Bertz CT molecular complexity index is 1370. The van der Waals surface area contributed by atoms with E-state index < -0.39 is 11.9 Å². The van der Waals surface area contributed by atoms with E-state index in [0.717, 1.165) is 33.1 Å². The maximum atomic E-state index is 13.1. The normalized spacial score (nSPS) is 14.5. The van der Waals surface area contributed by atoms with E-state index in [9.17, 15) is 14.4 Å². The molecule has 0 bridgehead atoms. The highest BCUT2D eigenvalue weighted by Crippen LogP contribution is 2.35. The molecule has 0 aliphatic carbocycles. The van der Waals surface area contributed by atoms with Crippen LogP contribution in [0.25, 0.3) is 6.08 Å². The van der Waals surface area contributed by atoms with Gasteiger partial charge < -0.3 is 9.47 Å². The number of amides is 2. The number of hydrogen-bond donors (Lipinski definition) is 0. The number of esters is 1. The number of imide groups is 1. The molecule has 0 aromatic heterocycles. The summed E-state index contributed by atoms with van der Waals surface area (Å²) >= 11 is 4.27.